The van der Waals surface area contributed by atoms with Crippen molar-refractivity contribution in [3.8, 4) is 0 Å². The molecule has 104 valence electrons. The molecule has 1 aliphatic rings. The highest BCUT2D eigenvalue weighted by Gasteiger charge is 2.39. The maximum Gasteiger partial charge on any atom is 0.318 e. The molecule has 0 aromatic heterocycles. The first-order chi connectivity index (χ1) is 8.01. The number of carbonyl (C=O) groups is 2. The summed E-state index contributed by atoms with van der Waals surface area (Å²) in [6.07, 6.45) is -0.359. The smallest absolute Gasteiger partial charge is 0.318 e. The fourth-order valence-corrected chi connectivity index (χ4v) is 1.92. The van der Waals surface area contributed by atoms with E-state index in [9.17, 15) is 9.59 Å². The number of nitrogens with zero attached hydrogens (tertiary/aromatic N) is 2. The van der Waals surface area contributed by atoms with E-state index >= 15 is 0 Å². The number of nitrogens with one attached hydrogen (secondary N) is 1. The predicted molar refractivity (Wildman–Crippen MR) is 67.8 cm³/mol. The minimum atomic E-state index is -0.359. The van der Waals surface area contributed by atoms with Crippen molar-refractivity contribution >= 4 is 12.0 Å². The highest BCUT2D eigenvalue weighted by Crippen LogP contribution is 2.17. The minimum absolute atomic E-state index is 0.106. The topological polar surface area (TPSA) is 58.6 Å². The second kappa shape index (κ2) is 4.76. The highest BCUT2D eigenvalue weighted by molar-refractivity contribution is 5.77. The molecule has 1 fully saturated rings. The monoisotopic (exact) mass is 258 g/mol. The van der Waals surface area contributed by atoms with E-state index in [0.717, 1.165) is 0 Å². The van der Waals surface area contributed by atoms with Crippen LogP contribution in [0, 0.1) is 0 Å². The summed E-state index contributed by atoms with van der Waals surface area (Å²) in [5.74, 6) is -0.327. The van der Waals surface area contributed by atoms with Gasteiger partial charge in [0.05, 0.1) is 26.7 Å². The van der Waals surface area contributed by atoms with Crippen LogP contribution in [0.1, 0.15) is 20.8 Å². The third-order valence-corrected chi connectivity index (χ3v) is 2.86. The number of hydrogen-bond acceptors (Lipinski definition) is 3. The molecule has 0 aromatic rings. The van der Waals surface area contributed by atoms with Gasteiger partial charge < -0.3 is 15.0 Å². The number of urea groups is 1. The maximum absolute atomic E-state index is 11.8. The maximum atomic E-state index is 11.8. The lowest BCUT2D eigenvalue weighted by molar-refractivity contribution is -0.916. The molecule has 6 nitrogen and oxygen atoms in total. The molecule has 0 spiro atoms. The Bertz CT molecular complexity index is 347. The molecule has 0 saturated carbocycles. The minimum Gasteiger partial charge on any atom is -0.411 e. The number of hydrogen-bond donors (Lipinski definition) is 1. The van der Waals surface area contributed by atoms with Crippen LogP contribution >= 0.6 is 0 Å². The molecular formula is C12H24N3O3+. The average molecular weight is 258 g/mol. The zero-order valence-corrected chi connectivity index (χ0v) is 12.1. The Kier molecular flexibility index (Phi) is 3.90. The summed E-state index contributed by atoms with van der Waals surface area (Å²) >= 11 is 0. The SMILES string of the molecule is CC(=O)OC(CN1CC(C)(C)NC1=O)[N+](C)(C)C. The molecule has 1 saturated heterocycles. The lowest BCUT2D eigenvalue weighted by atomic mass is 10.1. The standard InChI is InChI=1S/C12H23N3O3/c1-9(16)18-10(15(4,5)6)7-14-8-12(2,3)13-11(14)17/h10H,7-8H2,1-6H3/p+1. The second-order valence-electron chi connectivity index (χ2n) is 6.37. The quantitative estimate of drug-likeness (QED) is 0.451. The number of likely N-dealkylation sites (N-methyl/N-ethyl adjacent to an activating group) is 1. The molecule has 0 aliphatic carbocycles. The molecule has 1 unspecified atom stereocenters. The molecule has 18 heavy (non-hydrogen) atoms. The van der Waals surface area contributed by atoms with Gasteiger partial charge in [0.1, 0.15) is 6.54 Å². The number of amides is 2. The van der Waals surface area contributed by atoms with E-state index in [1.165, 1.54) is 6.92 Å². The zero-order chi connectivity index (χ0) is 14.1. The van der Waals surface area contributed by atoms with Crippen molar-refractivity contribution in [1.82, 2.24) is 10.2 Å². The van der Waals surface area contributed by atoms with Crippen molar-refractivity contribution in [2.75, 3.05) is 34.2 Å². The first-order valence-electron chi connectivity index (χ1n) is 6.07. The summed E-state index contributed by atoms with van der Waals surface area (Å²) < 4.78 is 5.77. The van der Waals surface area contributed by atoms with Gasteiger partial charge in [0.2, 0.25) is 0 Å². The van der Waals surface area contributed by atoms with Gasteiger partial charge in [-0.15, -0.1) is 0 Å². The molecule has 1 N–H and O–H groups in total. The second-order valence-corrected chi connectivity index (χ2v) is 6.37. The van der Waals surface area contributed by atoms with E-state index in [-0.39, 0.29) is 23.8 Å². The molecule has 1 heterocycles. The summed E-state index contributed by atoms with van der Waals surface area (Å²) in [6.45, 7) is 6.34. The van der Waals surface area contributed by atoms with Gasteiger partial charge in [0.15, 0.2) is 0 Å². The van der Waals surface area contributed by atoms with Crippen molar-refractivity contribution in [2.24, 2.45) is 0 Å². The van der Waals surface area contributed by atoms with Crippen molar-refractivity contribution in [3.05, 3.63) is 0 Å². The first-order valence-corrected chi connectivity index (χ1v) is 6.07. The highest BCUT2D eigenvalue weighted by atomic mass is 16.6. The Balaban J connectivity index is 2.73. The fourth-order valence-electron chi connectivity index (χ4n) is 1.92. The number of quaternary nitrogens is 1. The van der Waals surface area contributed by atoms with Crippen LogP contribution in [0.3, 0.4) is 0 Å². The van der Waals surface area contributed by atoms with Crippen LogP contribution in [0.5, 0.6) is 0 Å². The van der Waals surface area contributed by atoms with Crippen LogP contribution in [0.15, 0.2) is 0 Å². The van der Waals surface area contributed by atoms with Crippen molar-refractivity contribution in [2.45, 2.75) is 32.5 Å². The van der Waals surface area contributed by atoms with E-state index < -0.39 is 0 Å². The van der Waals surface area contributed by atoms with Crippen LogP contribution in [0.4, 0.5) is 4.79 Å². The molecule has 2 amide bonds. The van der Waals surface area contributed by atoms with Gasteiger partial charge in [-0.25, -0.2) is 4.79 Å². The Morgan fingerprint density at radius 1 is 1.50 bits per heavy atom. The molecule has 0 radical (unpaired) electrons. The van der Waals surface area contributed by atoms with Gasteiger partial charge in [-0.3, -0.25) is 9.28 Å². The molecule has 0 aromatic carbocycles. The van der Waals surface area contributed by atoms with Crippen LogP contribution in [0.2, 0.25) is 0 Å². The van der Waals surface area contributed by atoms with E-state index in [4.69, 9.17) is 4.74 Å². The largest absolute Gasteiger partial charge is 0.411 e. The van der Waals surface area contributed by atoms with Crippen LogP contribution in [-0.2, 0) is 9.53 Å². The molecule has 1 aliphatic heterocycles. The molecule has 6 heteroatoms. The number of esters is 1. The van der Waals surface area contributed by atoms with Crippen LogP contribution in [0.25, 0.3) is 0 Å². The van der Waals surface area contributed by atoms with E-state index in [1.54, 1.807) is 4.90 Å². The summed E-state index contributed by atoms with van der Waals surface area (Å²) in [5.41, 5.74) is -0.233. The first kappa shape index (κ1) is 14.8. The van der Waals surface area contributed by atoms with Gasteiger partial charge >= 0.3 is 12.0 Å². The van der Waals surface area contributed by atoms with Crippen molar-refractivity contribution < 1.29 is 18.8 Å². The molecule has 1 atom stereocenters. The molecular weight excluding hydrogens is 234 g/mol. The molecule has 0 bridgehead atoms. The summed E-state index contributed by atoms with van der Waals surface area (Å²) in [4.78, 5) is 24.6. The summed E-state index contributed by atoms with van der Waals surface area (Å²) in [5, 5.41) is 2.89. The number of carbonyl (C=O) groups excluding carboxylic acids is 2. The van der Waals surface area contributed by atoms with Crippen molar-refractivity contribution in [3.63, 3.8) is 0 Å². The lowest BCUT2D eigenvalue weighted by Crippen LogP contribution is -2.53. The van der Waals surface area contributed by atoms with Gasteiger partial charge in [0, 0.05) is 13.5 Å². The van der Waals surface area contributed by atoms with E-state index in [0.29, 0.717) is 17.6 Å². The Morgan fingerprint density at radius 3 is 2.39 bits per heavy atom. The normalized spacial score (nSPS) is 20.6. The summed E-state index contributed by atoms with van der Waals surface area (Å²) in [6, 6.07) is -0.106. The number of ether oxygens (including phenoxy) is 1. The van der Waals surface area contributed by atoms with Crippen LogP contribution < -0.4 is 5.32 Å². The van der Waals surface area contributed by atoms with Gasteiger partial charge in [0.25, 0.3) is 6.23 Å². The van der Waals surface area contributed by atoms with E-state index in [2.05, 4.69) is 5.32 Å². The zero-order valence-electron chi connectivity index (χ0n) is 12.1. The Hall–Kier alpha value is -1.30. The Morgan fingerprint density at radius 2 is 2.06 bits per heavy atom. The Labute approximate surface area is 108 Å². The van der Waals surface area contributed by atoms with Crippen LogP contribution in [-0.4, -0.2) is 67.4 Å². The third kappa shape index (κ3) is 3.87. The number of rotatable bonds is 4. The van der Waals surface area contributed by atoms with Gasteiger partial charge in [-0.05, 0) is 13.8 Å². The lowest BCUT2D eigenvalue weighted by Gasteiger charge is -2.34. The van der Waals surface area contributed by atoms with Gasteiger partial charge in [-0.2, -0.15) is 0 Å². The van der Waals surface area contributed by atoms with E-state index in [1.807, 2.05) is 35.0 Å². The average Bonchev–Trinajstić information content (AvgIpc) is 2.36. The van der Waals surface area contributed by atoms with Crippen molar-refractivity contribution in [1.29, 1.82) is 0 Å². The van der Waals surface area contributed by atoms with Gasteiger partial charge in [-0.1, -0.05) is 0 Å². The summed E-state index contributed by atoms with van der Waals surface area (Å²) in [7, 11) is 5.81. The fraction of sp³-hybridized carbons (Fsp3) is 0.833. The molecule has 1 rings (SSSR count). The predicted octanol–water partition coefficient (Wildman–Crippen LogP) is 0.386. The third-order valence-electron chi connectivity index (χ3n) is 2.86.